The Labute approximate surface area is 404 Å². The van der Waals surface area contributed by atoms with E-state index in [4.69, 9.17) is 28.7 Å². The van der Waals surface area contributed by atoms with Gasteiger partial charge in [-0.05, 0) is 116 Å². The number of rotatable bonds is 15. The van der Waals surface area contributed by atoms with Gasteiger partial charge in [-0.3, -0.25) is 0 Å². The third kappa shape index (κ3) is 11.8. The second-order valence-electron chi connectivity index (χ2n) is 22.2. The topological polar surface area (TPSA) is 58.5 Å². The van der Waals surface area contributed by atoms with E-state index in [1.165, 1.54) is 44.5 Å². The smallest absolute Gasteiger partial charge is 0.217 e. The zero-order valence-electron chi connectivity index (χ0n) is 43.8. The SMILES string of the molecule is CCCOc1c2cc(C(C)(C)C)cc1Cc1cc(C(C)(C)C)cc(c1OCCC)Cc1c(OCCC)c(cc(C3=N[C@@H](C(C)C)CO3)c1SC)Cc1cc(C(C)(C)C)cc(c1OCCC)C2. The van der Waals surface area contributed by atoms with E-state index in [0.717, 1.165) is 81.7 Å². The van der Waals surface area contributed by atoms with Gasteiger partial charge in [-0.25, -0.2) is 4.99 Å². The summed E-state index contributed by atoms with van der Waals surface area (Å²) in [7, 11) is 0. The fourth-order valence-electron chi connectivity index (χ4n) is 9.04. The number of hydrogen-bond acceptors (Lipinski definition) is 7. The van der Waals surface area contributed by atoms with Crippen molar-refractivity contribution in [2.75, 3.05) is 39.3 Å². The molecule has 66 heavy (non-hydrogen) atoms. The summed E-state index contributed by atoms with van der Waals surface area (Å²) < 4.78 is 34.7. The predicted molar refractivity (Wildman–Crippen MR) is 279 cm³/mol. The molecule has 6 nitrogen and oxygen atoms in total. The summed E-state index contributed by atoms with van der Waals surface area (Å²) in [5, 5.41) is 0. The van der Waals surface area contributed by atoms with E-state index in [1.54, 1.807) is 11.8 Å². The standard InChI is InChI=1S/C59H83NO5S/c1-17-21-61-51-38-25-39-29-46(58(10,11)12)32-42(52(39)62-22-18-2)27-43-35-49(56-60-50(36-65-56)37(5)6)55(66-16)48(54(43)64-24-20-4)34-44-33-47(59(13,14)15)31-41(53(44)63-23-19-3)26-40(51)30-45(28-38)57(7,8)9/h28-33,35,37,50H,17-27,34,36H2,1-16H3/t50-/m1/s1. The number of fused-ring (bicyclic) bond motifs is 8. The van der Waals surface area contributed by atoms with Crippen molar-refractivity contribution in [3.8, 4) is 23.0 Å². The molecule has 4 aromatic carbocycles. The lowest BCUT2D eigenvalue weighted by Gasteiger charge is -2.29. The highest BCUT2D eigenvalue weighted by molar-refractivity contribution is 7.98. The van der Waals surface area contributed by atoms with Crippen LogP contribution in [0, 0.1) is 5.92 Å². The van der Waals surface area contributed by atoms with Crippen LogP contribution in [0.15, 0.2) is 52.4 Å². The van der Waals surface area contributed by atoms with Gasteiger partial charge in [0.05, 0.1) is 38.0 Å². The van der Waals surface area contributed by atoms with Gasteiger partial charge in [0.25, 0.3) is 0 Å². The van der Waals surface area contributed by atoms with Crippen LogP contribution < -0.4 is 18.9 Å². The van der Waals surface area contributed by atoms with Crippen LogP contribution in [-0.4, -0.2) is 51.2 Å². The Bertz CT molecular complexity index is 2350. The van der Waals surface area contributed by atoms with E-state index in [2.05, 4.69) is 153 Å². The maximum Gasteiger partial charge on any atom is 0.217 e. The zero-order chi connectivity index (χ0) is 48.1. The average Bonchev–Trinajstić information content (AvgIpc) is 3.74. The molecule has 7 heteroatoms. The van der Waals surface area contributed by atoms with E-state index in [9.17, 15) is 0 Å². The number of nitrogens with zero attached hydrogens (tertiary/aromatic N) is 1. The molecule has 0 fully saturated rings. The Hall–Kier alpha value is -4.10. The summed E-state index contributed by atoms with van der Waals surface area (Å²) in [5.74, 6) is 4.94. The molecule has 4 aromatic rings. The highest BCUT2D eigenvalue weighted by Gasteiger charge is 2.32. The fourth-order valence-corrected chi connectivity index (χ4v) is 9.81. The van der Waals surface area contributed by atoms with Crippen LogP contribution in [-0.2, 0) is 46.7 Å². The third-order valence-electron chi connectivity index (χ3n) is 12.9. The first kappa shape index (κ1) is 51.3. The van der Waals surface area contributed by atoms with Crippen molar-refractivity contribution in [1.29, 1.82) is 0 Å². The Morgan fingerprint density at radius 3 is 1.17 bits per heavy atom. The molecule has 0 unspecified atom stereocenters. The van der Waals surface area contributed by atoms with Gasteiger partial charge in [0.1, 0.15) is 29.6 Å². The zero-order valence-corrected chi connectivity index (χ0v) is 44.6. The van der Waals surface area contributed by atoms with Crippen LogP contribution in [0.2, 0.25) is 0 Å². The molecule has 1 atom stereocenters. The molecule has 0 radical (unpaired) electrons. The first-order chi connectivity index (χ1) is 31.2. The molecule has 1 aliphatic heterocycles. The molecular formula is C59H83NO5S. The molecule has 2 aliphatic rings. The molecular weight excluding hydrogens is 835 g/mol. The molecule has 0 N–H and O–H groups in total. The second kappa shape index (κ2) is 21.5. The highest BCUT2D eigenvalue weighted by atomic mass is 32.2. The number of hydrogen-bond donors (Lipinski definition) is 0. The fraction of sp³-hybridized carbons (Fsp3) is 0.576. The quantitative estimate of drug-likeness (QED) is 0.0975. The molecule has 8 bridgehead atoms. The maximum absolute atomic E-state index is 7.10. The molecule has 6 rings (SSSR count). The Morgan fingerprint density at radius 2 is 0.864 bits per heavy atom. The van der Waals surface area contributed by atoms with E-state index in [1.807, 2.05) is 0 Å². The minimum Gasteiger partial charge on any atom is -0.493 e. The molecule has 1 aliphatic carbocycles. The van der Waals surface area contributed by atoms with Crippen LogP contribution in [0.5, 0.6) is 23.0 Å². The lowest BCUT2D eigenvalue weighted by molar-refractivity contribution is 0.291. The summed E-state index contributed by atoms with van der Waals surface area (Å²) in [4.78, 5) is 6.42. The van der Waals surface area contributed by atoms with Crippen LogP contribution >= 0.6 is 11.8 Å². The number of ether oxygens (including phenoxy) is 5. The first-order valence-corrected chi connectivity index (χ1v) is 26.4. The summed E-state index contributed by atoms with van der Waals surface area (Å²) in [5.41, 5.74) is 13.9. The second-order valence-corrected chi connectivity index (χ2v) is 23.0. The highest BCUT2D eigenvalue weighted by Crippen LogP contribution is 2.46. The first-order valence-electron chi connectivity index (χ1n) is 25.2. The largest absolute Gasteiger partial charge is 0.493 e. The molecule has 360 valence electrons. The van der Waals surface area contributed by atoms with Gasteiger partial charge in [-0.2, -0.15) is 0 Å². The number of aliphatic imine (C=N–C) groups is 1. The van der Waals surface area contributed by atoms with Crippen molar-refractivity contribution in [1.82, 2.24) is 0 Å². The molecule has 0 spiro atoms. The van der Waals surface area contributed by atoms with E-state index < -0.39 is 0 Å². The van der Waals surface area contributed by atoms with Crippen molar-refractivity contribution in [2.45, 2.75) is 182 Å². The monoisotopic (exact) mass is 918 g/mol. The van der Waals surface area contributed by atoms with Crippen LogP contribution in [0.3, 0.4) is 0 Å². The van der Waals surface area contributed by atoms with Crippen LogP contribution in [0.25, 0.3) is 0 Å². The van der Waals surface area contributed by atoms with Gasteiger partial charge in [-0.1, -0.05) is 140 Å². The van der Waals surface area contributed by atoms with Gasteiger partial charge in [0, 0.05) is 36.1 Å². The Morgan fingerprint density at radius 1 is 0.530 bits per heavy atom. The average molecular weight is 918 g/mol. The van der Waals surface area contributed by atoms with E-state index in [-0.39, 0.29) is 22.3 Å². The minimum absolute atomic E-state index is 0.0976. The number of benzene rings is 4. The summed E-state index contributed by atoms with van der Waals surface area (Å²) in [6.07, 6.45) is 8.36. The Kier molecular flexibility index (Phi) is 16.7. The molecule has 1 heterocycles. The van der Waals surface area contributed by atoms with Gasteiger partial charge in [0.2, 0.25) is 5.90 Å². The minimum atomic E-state index is -0.120. The maximum atomic E-state index is 7.10. The predicted octanol–water partition coefficient (Wildman–Crippen LogP) is 14.9. The normalized spacial score (nSPS) is 15.4. The van der Waals surface area contributed by atoms with Crippen molar-refractivity contribution in [2.24, 2.45) is 10.9 Å². The lowest BCUT2D eigenvalue weighted by Crippen LogP contribution is -2.17. The Balaban J connectivity index is 1.83. The van der Waals surface area contributed by atoms with E-state index >= 15 is 0 Å². The van der Waals surface area contributed by atoms with E-state index in [0.29, 0.717) is 64.6 Å². The summed E-state index contributed by atoms with van der Waals surface area (Å²) in [6, 6.07) is 16.9. The summed E-state index contributed by atoms with van der Waals surface area (Å²) in [6.45, 7) is 37.2. The summed E-state index contributed by atoms with van der Waals surface area (Å²) >= 11 is 1.76. The van der Waals surface area contributed by atoms with Crippen LogP contribution in [0.4, 0.5) is 0 Å². The van der Waals surface area contributed by atoms with Gasteiger partial charge in [0.15, 0.2) is 0 Å². The van der Waals surface area contributed by atoms with Crippen molar-refractivity contribution < 1.29 is 23.7 Å². The molecule has 0 amide bonds. The lowest BCUT2D eigenvalue weighted by atomic mass is 9.80. The molecule has 0 aromatic heterocycles. The van der Waals surface area contributed by atoms with Gasteiger partial charge >= 0.3 is 0 Å². The van der Waals surface area contributed by atoms with Crippen LogP contribution in [0.1, 0.15) is 196 Å². The van der Waals surface area contributed by atoms with Gasteiger partial charge in [-0.15, -0.1) is 11.8 Å². The van der Waals surface area contributed by atoms with Crippen molar-refractivity contribution in [3.63, 3.8) is 0 Å². The molecule has 0 saturated carbocycles. The van der Waals surface area contributed by atoms with Crippen molar-refractivity contribution >= 4 is 17.7 Å². The van der Waals surface area contributed by atoms with Crippen molar-refractivity contribution in [3.05, 3.63) is 109 Å². The molecule has 0 saturated heterocycles. The van der Waals surface area contributed by atoms with Gasteiger partial charge < -0.3 is 23.7 Å². The number of thioether (sulfide) groups is 1. The third-order valence-corrected chi connectivity index (χ3v) is 13.8.